The van der Waals surface area contributed by atoms with Crippen LogP contribution in [0.5, 0.6) is 0 Å². The second-order valence-electron chi connectivity index (χ2n) is 5.61. The molecule has 2 bridgehead atoms. The van der Waals surface area contributed by atoms with Gasteiger partial charge >= 0.3 is 0 Å². The first-order valence-electron chi connectivity index (χ1n) is 7.33. The Labute approximate surface area is 124 Å². The van der Waals surface area contributed by atoms with Crippen LogP contribution in [0.25, 0.3) is 0 Å². The first-order chi connectivity index (χ1) is 9.69. The summed E-state index contributed by atoms with van der Waals surface area (Å²) in [5.41, 5.74) is 0.882. The molecule has 3 nitrogen and oxygen atoms in total. The Morgan fingerprint density at radius 1 is 1.35 bits per heavy atom. The van der Waals surface area contributed by atoms with Gasteiger partial charge in [0.15, 0.2) is 0 Å². The minimum Gasteiger partial charge on any atom is -0.309 e. The van der Waals surface area contributed by atoms with E-state index in [1.165, 1.54) is 6.07 Å². The third kappa shape index (κ3) is 2.70. The second kappa shape index (κ2) is 5.98. The highest BCUT2D eigenvalue weighted by Crippen LogP contribution is 2.31. The molecular formula is C15H21ClFN3. The van der Waals surface area contributed by atoms with Gasteiger partial charge in [0.1, 0.15) is 5.82 Å². The Hall–Kier alpha value is -0.680. The maximum atomic E-state index is 13.6. The van der Waals surface area contributed by atoms with E-state index in [2.05, 4.69) is 22.0 Å². The Morgan fingerprint density at radius 2 is 2.10 bits per heavy atom. The molecule has 0 aliphatic carbocycles. The van der Waals surface area contributed by atoms with Crippen LogP contribution in [0.1, 0.15) is 18.5 Å². The summed E-state index contributed by atoms with van der Waals surface area (Å²) in [4.78, 5) is 5.00. The zero-order chi connectivity index (χ0) is 14.1. The molecule has 20 heavy (non-hydrogen) atoms. The molecule has 2 atom stereocenters. The van der Waals surface area contributed by atoms with Crippen molar-refractivity contribution in [3.05, 3.63) is 34.6 Å². The number of hydrogen-bond acceptors (Lipinski definition) is 3. The highest BCUT2D eigenvalue weighted by molar-refractivity contribution is 6.31. The SMILES string of the molecule is CCNC(c1cc(F)ccc1Cl)C1CN2CCN1CC2. The lowest BCUT2D eigenvalue weighted by atomic mass is 9.93. The quantitative estimate of drug-likeness (QED) is 0.918. The van der Waals surface area contributed by atoms with Gasteiger partial charge in [0.25, 0.3) is 0 Å². The summed E-state index contributed by atoms with van der Waals surface area (Å²) in [6, 6.07) is 5.12. The molecule has 5 heteroatoms. The van der Waals surface area contributed by atoms with Gasteiger partial charge in [0.05, 0.1) is 6.04 Å². The summed E-state index contributed by atoms with van der Waals surface area (Å²) in [5, 5.41) is 4.15. The highest BCUT2D eigenvalue weighted by atomic mass is 35.5. The maximum absolute atomic E-state index is 13.6. The molecule has 1 N–H and O–H groups in total. The molecule has 0 saturated carbocycles. The smallest absolute Gasteiger partial charge is 0.123 e. The molecule has 2 unspecified atom stereocenters. The number of piperazine rings is 3. The number of likely N-dealkylation sites (N-methyl/N-ethyl adjacent to an activating group) is 1. The van der Waals surface area contributed by atoms with Crippen molar-refractivity contribution in [3.8, 4) is 0 Å². The predicted octanol–water partition coefficient (Wildman–Crippen LogP) is 2.13. The van der Waals surface area contributed by atoms with Crippen LogP contribution in [-0.2, 0) is 0 Å². The van der Waals surface area contributed by atoms with E-state index < -0.39 is 0 Å². The van der Waals surface area contributed by atoms with Crippen molar-refractivity contribution in [1.82, 2.24) is 15.1 Å². The van der Waals surface area contributed by atoms with Crippen LogP contribution in [0.2, 0.25) is 5.02 Å². The molecule has 0 spiro atoms. The van der Waals surface area contributed by atoms with E-state index in [-0.39, 0.29) is 11.9 Å². The summed E-state index contributed by atoms with van der Waals surface area (Å²) >= 11 is 6.31. The van der Waals surface area contributed by atoms with E-state index in [0.29, 0.717) is 11.1 Å². The van der Waals surface area contributed by atoms with E-state index in [4.69, 9.17) is 11.6 Å². The summed E-state index contributed by atoms with van der Waals surface area (Å²) in [6.07, 6.45) is 0. The topological polar surface area (TPSA) is 18.5 Å². The molecular weight excluding hydrogens is 277 g/mol. The van der Waals surface area contributed by atoms with E-state index in [9.17, 15) is 4.39 Å². The minimum atomic E-state index is -0.219. The van der Waals surface area contributed by atoms with Crippen LogP contribution >= 0.6 is 11.6 Å². The Bertz CT molecular complexity index is 474. The van der Waals surface area contributed by atoms with Crippen LogP contribution in [0, 0.1) is 5.82 Å². The fourth-order valence-corrected chi connectivity index (χ4v) is 3.64. The minimum absolute atomic E-state index is 0.0892. The van der Waals surface area contributed by atoms with Crippen molar-refractivity contribution >= 4 is 11.6 Å². The van der Waals surface area contributed by atoms with E-state index in [0.717, 1.165) is 44.8 Å². The third-order valence-electron chi connectivity index (χ3n) is 4.42. The lowest BCUT2D eigenvalue weighted by Crippen LogP contribution is -2.64. The summed E-state index contributed by atoms with van der Waals surface area (Å²) < 4.78 is 13.6. The van der Waals surface area contributed by atoms with Gasteiger partial charge in [-0.25, -0.2) is 4.39 Å². The van der Waals surface area contributed by atoms with Crippen LogP contribution in [-0.4, -0.2) is 55.1 Å². The average Bonchev–Trinajstić information content (AvgIpc) is 2.49. The van der Waals surface area contributed by atoms with Crippen LogP contribution < -0.4 is 5.32 Å². The molecule has 0 radical (unpaired) electrons. The van der Waals surface area contributed by atoms with Crippen molar-refractivity contribution < 1.29 is 4.39 Å². The largest absolute Gasteiger partial charge is 0.309 e. The number of nitrogens with one attached hydrogen (secondary N) is 1. The first kappa shape index (κ1) is 14.3. The van der Waals surface area contributed by atoms with Gasteiger partial charge in [0.2, 0.25) is 0 Å². The van der Waals surface area contributed by atoms with Crippen molar-refractivity contribution in [1.29, 1.82) is 0 Å². The molecule has 3 aliphatic rings. The lowest BCUT2D eigenvalue weighted by molar-refractivity contribution is -0.00345. The van der Waals surface area contributed by atoms with Crippen LogP contribution in [0.3, 0.4) is 0 Å². The second-order valence-corrected chi connectivity index (χ2v) is 6.01. The average molecular weight is 298 g/mol. The van der Waals surface area contributed by atoms with E-state index in [1.807, 2.05) is 0 Å². The molecule has 4 rings (SSSR count). The van der Waals surface area contributed by atoms with Crippen LogP contribution in [0.15, 0.2) is 18.2 Å². The Balaban J connectivity index is 1.90. The zero-order valence-electron chi connectivity index (χ0n) is 11.8. The van der Waals surface area contributed by atoms with Crippen molar-refractivity contribution in [2.75, 3.05) is 39.3 Å². The van der Waals surface area contributed by atoms with Crippen molar-refractivity contribution in [2.24, 2.45) is 0 Å². The summed E-state index contributed by atoms with van der Waals surface area (Å²) in [7, 11) is 0. The van der Waals surface area contributed by atoms with Crippen molar-refractivity contribution in [2.45, 2.75) is 19.0 Å². The fraction of sp³-hybridized carbons (Fsp3) is 0.600. The van der Waals surface area contributed by atoms with E-state index in [1.54, 1.807) is 12.1 Å². The molecule has 3 saturated heterocycles. The Kier molecular flexibility index (Phi) is 4.26. The number of nitrogens with zero attached hydrogens (tertiary/aromatic N) is 2. The van der Waals surface area contributed by atoms with Gasteiger partial charge in [-0.3, -0.25) is 9.80 Å². The summed E-state index contributed by atoms with van der Waals surface area (Å²) in [6.45, 7) is 8.45. The van der Waals surface area contributed by atoms with Gasteiger partial charge < -0.3 is 5.32 Å². The highest BCUT2D eigenvalue weighted by Gasteiger charge is 2.37. The molecule has 1 aromatic rings. The number of fused-ring (bicyclic) bond motifs is 3. The monoisotopic (exact) mass is 297 g/mol. The van der Waals surface area contributed by atoms with Gasteiger partial charge in [-0.2, -0.15) is 0 Å². The third-order valence-corrected chi connectivity index (χ3v) is 4.77. The zero-order valence-corrected chi connectivity index (χ0v) is 12.5. The van der Waals surface area contributed by atoms with Gasteiger partial charge in [-0.1, -0.05) is 18.5 Å². The number of halogens is 2. The lowest BCUT2D eigenvalue weighted by Gasteiger charge is -2.50. The number of benzene rings is 1. The van der Waals surface area contributed by atoms with Gasteiger partial charge in [-0.05, 0) is 30.3 Å². The fourth-order valence-electron chi connectivity index (χ4n) is 3.40. The molecule has 0 amide bonds. The molecule has 3 aliphatic heterocycles. The maximum Gasteiger partial charge on any atom is 0.123 e. The molecule has 3 fully saturated rings. The number of rotatable bonds is 4. The van der Waals surface area contributed by atoms with E-state index >= 15 is 0 Å². The molecule has 3 heterocycles. The predicted molar refractivity (Wildman–Crippen MR) is 79.6 cm³/mol. The van der Waals surface area contributed by atoms with Gasteiger partial charge in [-0.15, -0.1) is 0 Å². The Morgan fingerprint density at radius 3 is 2.70 bits per heavy atom. The standard InChI is InChI=1S/C15H21ClFN3/c1-2-18-15(12-9-11(17)3-4-13(12)16)14-10-19-5-7-20(14)8-6-19/h3-4,9,14-15,18H,2,5-8,10H2,1H3. The molecule has 1 aromatic carbocycles. The molecule has 0 aromatic heterocycles. The summed E-state index contributed by atoms with van der Waals surface area (Å²) in [5.74, 6) is -0.219. The normalized spacial score (nSPS) is 30.4. The molecule has 110 valence electrons. The van der Waals surface area contributed by atoms with Crippen LogP contribution in [0.4, 0.5) is 4.39 Å². The first-order valence-corrected chi connectivity index (χ1v) is 7.71. The number of hydrogen-bond donors (Lipinski definition) is 1. The van der Waals surface area contributed by atoms with Gasteiger partial charge in [0, 0.05) is 43.8 Å². The van der Waals surface area contributed by atoms with Crippen molar-refractivity contribution in [3.63, 3.8) is 0 Å².